The minimum Gasteiger partial charge on any atom is -0.508 e. The third kappa shape index (κ3) is 34.3. The highest BCUT2D eigenvalue weighted by molar-refractivity contribution is 7.84. The summed E-state index contributed by atoms with van der Waals surface area (Å²) in [6.07, 6.45) is 2.34. The molecule has 0 aliphatic heterocycles. The summed E-state index contributed by atoms with van der Waals surface area (Å²) >= 11 is 0. The number of phenolic OH excluding ortho intramolecular Hbond substituents is 1. The lowest BCUT2D eigenvalue weighted by atomic mass is 9.80. The van der Waals surface area contributed by atoms with Crippen molar-refractivity contribution >= 4 is 94.7 Å². The number of carbonyl (C=O) groups excluding carboxylic acids is 11. The normalized spacial score (nSPS) is 15.2. The summed E-state index contributed by atoms with van der Waals surface area (Å²) in [4.78, 5) is 188. The number of guanidine groups is 2. The highest BCUT2D eigenvalue weighted by atomic mass is 32.2. The average Bonchev–Trinajstić information content (AvgIpc) is 1.06. The number of benzene rings is 1. The monoisotopic (exact) mass is 1420 g/mol. The van der Waals surface area contributed by atoms with Crippen molar-refractivity contribution in [3.05, 3.63) is 48.0 Å². The predicted octanol–water partition coefficient (Wildman–Crippen LogP) is -0.209. The Morgan fingerprint density at radius 1 is 0.653 bits per heavy atom. The summed E-state index contributed by atoms with van der Waals surface area (Å²) in [7, 11) is -6.63. The molecule has 4 amide bonds. The summed E-state index contributed by atoms with van der Waals surface area (Å²) in [5.41, 5.74) is 34.7. The Balaban J connectivity index is 2.54. The Morgan fingerprint density at radius 3 is 1.77 bits per heavy atom. The standard InChI is InChI=1S/C64H105N14O18PS/c1-7-38(4)58(78-62(91)48(66)13-11-24-73-64(69)70)57(87)30-43(27-45-33-71-36-74-45)53(83)28-41(21-25-98(6)95)54(84)32-47(37(2)3)61(90)76-50(26-40-16-18-46(81)19-17-40)56(86)31-44(34-79)60(89)75-49(14-8-9-22-65)55(85)29-42(12-10-23-72-63(67)68)59(88)77-51(35-96-97(92,93)94)52(82)20-15-39(5)80/h16-19,33,36-38,41-44,47-51,58,79,81H,7-15,20-32,34-35,65-66H2,1-6H3,(H,71,74)(H,75,89)(H,76,90)(H,77,88)(H,78,91)(H4,67,68,72)(H4,69,70,73)(H2,92,93,94)/t38-,41+,42-,43-,44-,47-,48+,49-,50-,51-,58-,98?/m0/s1. The molecule has 34 heteroatoms. The Morgan fingerprint density at radius 2 is 1.21 bits per heavy atom. The summed E-state index contributed by atoms with van der Waals surface area (Å²) in [6.45, 7) is 6.57. The van der Waals surface area contributed by atoms with Crippen LogP contribution in [0, 0.1) is 41.4 Å². The fourth-order valence-corrected chi connectivity index (χ4v) is 11.6. The summed E-state index contributed by atoms with van der Waals surface area (Å²) in [5, 5.41) is 31.4. The molecule has 0 aliphatic rings. The lowest BCUT2D eigenvalue weighted by molar-refractivity contribution is -0.137. The third-order valence-corrected chi connectivity index (χ3v) is 18.0. The lowest BCUT2D eigenvalue weighted by Gasteiger charge is -2.28. The number of aliphatic hydroxyl groups excluding tert-OH is 1. The lowest BCUT2D eigenvalue weighted by Crippen LogP contribution is -2.51. The van der Waals surface area contributed by atoms with Crippen molar-refractivity contribution in [2.45, 2.75) is 180 Å². The van der Waals surface area contributed by atoms with E-state index in [1.165, 1.54) is 50.0 Å². The molecule has 2 rings (SSSR count). The van der Waals surface area contributed by atoms with Crippen molar-refractivity contribution in [2.24, 2.45) is 85.8 Å². The van der Waals surface area contributed by atoms with E-state index in [9.17, 15) is 81.5 Å². The number of amides is 4. The number of nitrogens with two attached hydrogens (primary N) is 6. The van der Waals surface area contributed by atoms with Gasteiger partial charge in [-0.25, -0.2) is 9.55 Å². The Bertz CT molecular complexity index is 3070. The molecule has 12 atom stereocenters. The van der Waals surface area contributed by atoms with E-state index in [4.69, 9.17) is 34.4 Å². The second kappa shape index (κ2) is 45.2. The van der Waals surface area contributed by atoms with Gasteiger partial charge in [-0.3, -0.25) is 66.7 Å². The van der Waals surface area contributed by atoms with Gasteiger partial charge in [-0.1, -0.05) is 46.2 Å². The van der Waals surface area contributed by atoms with Crippen LogP contribution in [-0.4, -0.2) is 185 Å². The van der Waals surface area contributed by atoms with Crippen molar-refractivity contribution in [2.75, 3.05) is 44.9 Å². The maximum atomic E-state index is 14.7. The highest BCUT2D eigenvalue weighted by Crippen LogP contribution is 2.36. The van der Waals surface area contributed by atoms with E-state index in [1.54, 1.807) is 20.8 Å². The molecule has 98 heavy (non-hydrogen) atoms. The molecule has 21 N–H and O–H groups in total. The number of aromatic nitrogens is 2. The zero-order valence-electron chi connectivity index (χ0n) is 57.0. The predicted molar refractivity (Wildman–Crippen MR) is 366 cm³/mol. The molecule has 2 aromatic rings. The summed E-state index contributed by atoms with van der Waals surface area (Å²) in [6, 6.07) is -0.907. The minimum absolute atomic E-state index is 0.0104. The number of nitrogens with zero attached hydrogens (tertiary/aromatic N) is 3. The van der Waals surface area contributed by atoms with Gasteiger partial charge in [-0.05, 0) is 107 Å². The number of phenols is 1. The van der Waals surface area contributed by atoms with Crippen LogP contribution in [-0.2, 0) is 85.5 Å². The first-order chi connectivity index (χ1) is 46.1. The van der Waals surface area contributed by atoms with E-state index in [2.05, 4.69) is 45.7 Å². The molecule has 0 spiro atoms. The van der Waals surface area contributed by atoms with E-state index in [0.29, 0.717) is 30.5 Å². The summed E-state index contributed by atoms with van der Waals surface area (Å²) < 4.78 is 28.8. The Kier molecular flexibility index (Phi) is 39.9. The van der Waals surface area contributed by atoms with E-state index in [-0.39, 0.29) is 113 Å². The number of aromatic amines is 1. The molecular formula is C64H105N14O18PS. The number of aliphatic hydroxyl groups is 1. The van der Waals surface area contributed by atoms with Crippen LogP contribution in [0.1, 0.15) is 149 Å². The van der Waals surface area contributed by atoms with E-state index < -0.39 is 194 Å². The van der Waals surface area contributed by atoms with Crippen molar-refractivity contribution in [1.29, 1.82) is 0 Å². The van der Waals surface area contributed by atoms with Crippen molar-refractivity contribution in [3.8, 4) is 5.75 Å². The van der Waals surface area contributed by atoms with Crippen molar-refractivity contribution < 1.29 is 86.0 Å². The molecule has 1 unspecified atom stereocenters. The van der Waals surface area contributed by atoms with Gasteiger partial charge < -0.3 is 85.4 Å². The number of imidazole rings is 1. The summed E-state index contributed by atoms with van der Waals surface area (Å²) in [5.74, 6) is -15.2. The maximum Gasteiger partial charge on any atom is 0.469 e. The Hall–Kier alpha value is -7.52. The molecule has 0 fully saturated rings. The van der Waals surface area contributed by atoms with Crippen molar-refractivity contribution in [1.82, 2.24) is 31.2 Å². The number of nitrogens with one attached hydrogen (secondary N) is 5. The van der Waals surface area contributed by atoms with Gasteiger partial charge in [-0.2, -0.15) is 0 Å². The molecular weight excluding hydrogens is 1320 g/mol. The van der Waals surface area contributed by atoms with Gasteiger partial charge in [0, 0.05) is 116 Å². The number of rotatable bonds is 53. The molecule has 0 saturated heterocycles. The average molecular weight is 1420 g/mol. The molecule has 1 aromatic heterocycles. The van der Waals surface area contributed by atoms with Gasteiger partial charge in [0.15, 0.2) is 35.1 Å². The maximum absolute atomic E-state index is 14.7. The molecule has 1 aromatic carbocycles. The van der Waals surface area contributed by atoms with E-state index in [1.807, 2.05) is 6.92 Å². The first kappa shape index (κ1) is 86.6. The number of Topliss-reactive ketones (excluding diaryl/α,β-unsaturated/α-hetero) is 7. The van der Waals surface area contributed by atoms with Crippen LogP contribution >= 0.6 is 7.82 Å². The fourth-order valence-electron chi connectivity index (χ4n) is 10.6. The zero-order valence-corrected chi connectivity index (χ0v) is 58.7. The number of hydrogen-bond acceptors (Lipinski definition) is 21. The largest absolute Gasteiger partial charge is 0.508 e. The molecule has 0 aliphatic carbocycles. The smallest absolute Gasteiger partial charge is 0.469 e. The number of phosphoric acid groups is 1. The second-order valence-corrected chi connectivity index (χ2v) is 28.0. The van der Waals surface area contributed by atoms with Crippen LogP contribution in [0.3, 0.4) is 0 Å². The van der Waals surface area contributed by atoms with Crippen LogP contribution in [0.2, 0.25) is 0 Å². The molecule has 0 saturated carbocycles. The molecule has 32 nitrogen and oxygen atoms in total. The van der Waals surface area contributed by atoms with Gasteiger partial charge >= 0.3 is 7.82 Å². The second-order valence-electron chi connectivity index (χ2n) is 25.2. The van der Waals surface area contributed by atoms with Gasteiger partial charge in [0.1, 0.15) is 29.1 Å². The van der Waals surface area contributed by atoms with Crippen LogP contribution in [0.5, 0.6) is 5.75 Å². The zero-order chi connectivity index (χ0) is 73.8. The van der Waals surface area contributed by atoms with Gasteiger partial charge in [0.25, 0.3) is 0 Å². The quantitative estimate of drug-likeness (QED) is 0.0176. The molecule has 0 radical (unpaired) electrons. The van der Waals surface area contributed by atoms with Crippen molar-refractivity contribution in [3.63, 3.8) is 0 Å². The number of aromatic hydroxyl groups is 1. The number of ketones is 7. The van der Waals surface area contributed by atoms with Crippen LogP contribution in [0.15, 0.2) is 46.8 Å². The molecule has 0 bridgehead atoms. The number of H-pyrrole nitrogens is 1. The SMILES string of the molecule is CC[C@H](C)[C@H](NC(=O)[C@H](N)CCCN=C(N)N)C(=O)C[C@H](Cc1cnc[nH]1)C(=O)C[C@@H](CCS(C)=O)C(=O)C[C@H](C(=O)N[C@@H](Cc1ccc(O)cc1)C(=O)C[C@@H](CO)C(=O)N[C@@H](CCCCN)C(=O)C[C@H](CCCN=C(N)N)C(=O)N[C@@H](COP(=O)(O)O)C(=O)CCC(C)=O)C(C)C. The topological polar surface area (TPSA) is 570 Å². The number of unbranched alkanes of at least 4 members (excludes halogenated alkanes) is 1. The van der Waals surface area contributed by atoms with Crippen LogP contribution in [0.25, 0.3) is 0 Å². The third-order valence-electron chi connectivity index (χ3n) is 16.7. The van der Waals surface area contributed by atoms with Gasteiger partial charge in [0.05, 0.1) is 49.6 Å². The number of hydrogen-bond donors (Lipinski definition) is 15. The molecule has 1 heterocycles. The number of aliphatic imine (C=N–C) groups is 2. The number of phosphoric ester groups is 1. The van der Waals surface area contributed by atoms with Gasteiger partial charge in [0.2, 0.25) is 23.6 Å². The molecule has 550 valence electrons. The fraction of sp³-hybridized carbons (Fsp3) is 0.656. The van der Waals surface area contributed by atoms with E-state index >= 15 is 0 Å². The first-order valence-corrected chi connectivity index (χ1v) is 36.1. The van der Waals surface area contributed by atoms with E-state index in [0.717, 1.165) is 0 Å². The number of carbonyl (C=O) groups is 11. The van der Waals surface area contributed by atoms with Crippen LogP contribution in [0.4, 0.5) is 0 Å². The minimum atomic E-state index is -5.18. The van der Waals surface area contributed by atoms with Gasteiger partial charge in [-0.15, -0.1) is 0 Å². The highest BCUT2D eigenvalue weighted by Gasteiger charge is 2.38. The van der Waals surface area contributed by atoms with Crippen LogP contribution < -0.4 is 55.7 Å². The first-order valence-electron chi connectivity index (χ1n) is 32.9. The Labute approximate surface area is 574 Å².